The van der Waals surface area contributed by atoms with Gasteiger partial charge in [-0.2, -0.15) is 18.3 Å². The highest BCUT2D eigenvalue weighted by Gasteiger charge is 2.51. The smallest absolute Gasteiger partial charge is 0.475 e. The molecule has 2 heterocycles. The Bertz CT molecular complexity index is 732. The average molecular weight is 456 g/mol. The van der Waals surface area contributed by atoms with Crippen molar-refractivity contribution in [2.45, 2.75) is 19.0 Å². The number of hydrogen-bond donors (Lipinski definition) is 1. The summed E-state index contributed by atoms with van der Waals surface area (Å²) in [5.41, 5.74) is 1.82. The maximum Gasteiger partial charge on any atom is 0.490 e. The van der Waals surface area contributed by atoms with Gasteiger partial charge in [0.2, 0.25) is 0 Å². The molecule has 1 unspecified atom stereocenters. The van der Waals surface area contributed by atoms with Crippen molar-refractivity contribution in [3.8, 4) is 0 Å². The van der Waals surface area contributed by atoms with Gasteiger partial charge in [0.15, 0.2) is 0 Å². The molecule has 29 heavy (non-hydrogen) atoms. The van der Waals surface area contributed by atoms with Crippen LogP contribution in [0.25, 0.3) is 0 Å². The Kier molecular flexibility index (Phi) is 9.38. The molecule has 1 aromatic rings. The molecule has 1 fully saturated rings. The van der Waals surface area contributed by atoms with Gasteiger partial charge >= 0.3 is 12.1 Å². The van der Waals surface area contributed by atoms with Gasteiger partial charge in [-0.1, -0.05) is 30.3 Å². The van der Waals surface area contributed by atoms with Crippen LogP contribution in [0.2, 0.25) is 0 Å². The highest BCUT2D eigenvalue weighted by molar-refractivity contribution is 6.40. The summed E-state index contributed by atoms with van der Waals surface area (Å²) in [5.74, 6) is -2.62. The zero-order valence-corrected chi connectivity index (χ0v) is 17.4. The topological polar surface area (TPSA) is 73.2 Å². The second-order valence-electron chi connectivity index (χ2n) is 6.51. The van der Waals surface area contributed by atoms with Crippen molar-refractivity contribution < 1.29 is 27.9 Å². The first-order valence-electron chi connectivity index (χ1n) is 8.48. The van der Waals surface area contributed by atoms with Crippen LogP contribution in [0, 0.1) is 5.41 Å². The minimum atomic E-state index is -5.08. The minimum Gasteiger partial charge on any atom is -0.475 e. The lowest BCUT2D eigenvalue weighted by molar-refractivity contribution is -0.192. The van der Waals surface area contributed by atoms with E-state index >= 15 is 0 Å². The number of hydrogen-bond acceptors (Lipinski definition) is 4. The fraction of sp³-hybridized carbons (Fsp3) is 0.500. The van der Waals surface area contributed by atoms with Crippen LogP contribution in [0.4, 0.5) is 13.2 Å². The van der Waals surface area contributed by atoms with Crippen molar-refractivity contribution in [3.05, 3.63) is 35.9 Å². The molecular weight excluding hydrogens is 434 g/mol. The first-order chi connectivity index (χ1) is 13.5. The molecule has 0 spiro atoms. The molecule has 1 aromatic carbocycles. The molecule has 1 saturated heterocycles. The average Bonchev–Trinajstić information content (AvgIpc) is 2.87. The maximum absolute atomic E-state index is 12.6. The van der Waals surface area contributed by atoms with Crippen molar-refractivity contribution in [3.63, 3.8) is 0 Å². The summed E-state index contributed by atoms with van der Waals surface area (Å²) in [5, 5.41) is 13.3. The molecule has 1 amide bonds. The lowest BCUT2D eigenvalue weighted by atomic mass is 9.73. The van der Waals surface area contributed by atoms with Crippen LogP contribution in [0.1, 0.15) is 12.0 Å². The highest BCUT2D eigenvalue weighted by atomic mass is 35.5. The number of rotatable bonds is 2. The number of alkyl halides is 5. The van der Waals surface area contributed by atoms with Crippen LogP contribution in [0.15, 0.2) is 35.4 Å². The van der Waals surface area contributed by atoms with Gasteiger partial charge in [-0.3, -0.25) is 4.79 Å². The third-order valence-electron chi connectivity index (χ3n) is 4.39. The summed E-state index contributed by atoms with van der Waals surface area (Å²) in [4.78, 5) is 23.7. The Morgan fingerprint density at radius 1 is 1.24 bits per heavy atom. The van der Waals surface area contributed by atoms with E-state index in [4.69, 9.17) is 33.1 Å². The van der Waals surface area contributed by atoms with E-state index in [1.165, 1.54) is 10.6 Å². The van der Waals surface area contributed by atoms with Gasteiger partial charge in [-0.05, 0) is 19.0 Å². The summed E-state index contributed by atoms with van der Waals surface area (Å²) in [7, 11) is 3.84. The number of piperidine rings is 1. The normalized spacial score (nSPS) is 21.3. The SMILES string of the molecule is CN1CCC2=NN(C)C(=O)C2(Cc2ccccc2)C1.ClCCl.O=C(O)C(F)(F)F. The summed E-state index contributed by atoms with van der Waals surface area (Å²) in [6, 6.07) is 10.2. The number of carboxylic acid groups (broad SMARTS) is 1. The zero-order chi connectivity index (χ0) is 22.2. The van der Waals surface area contributed by atoms with E-state index < -0.39 is 17.6 Å². The highest BCUT2D eigenvalue weighted by Crippen LogP contribution is 2.37. The van der Waals surface area contributed by atoms with E-state index in [-0.39, 0.29) is 11.2 Å². The fourth-order valence-electron chi connectivity index (χ4n) is 3.22. The van der Waals surface area contributed by atoms with Crippen LogP contribution >= 0.6 is 23.2 Å². The molecule has 2 aliphatic rings. The Balaban J connectivity index is 0.000000355. The molecule has 6 nitrogen and oxygen atoms in total. The second kappa shape index (κ2) is 10.8. The monoisotopic (exact) mass is 455 g/mol. The van der Waals surface area contributed by atoms with Crippen molar-refractivity contribution in [1.29, 1.82) is 0 Å². The quantitative estimate of drug-likeness (QED) is 0.693. The van der Waals surface area contributed by atoms with Crippen molar-refractivity contribution in [2.24, 2.45) is 10.5 Å². The Hall–Kier alpha value is -1.84. The third-order valence-corrected chi connectivity index (χ3v) is 4.39. The second-order valence-corrected chi connectivity index (χ2v) is 7.32. The van der Waals surface area contributed by atoms with Crippen molar-refractivity contribution in [2.75, 3.05) is 32.5 Å². The lowest BCUT2D eigenvalue weighted by Gasteiger charge is -2.37. The van der Waals surface area contributed by atoms with E-state index in [0.717, 1.165) is 31.6 Å². The summed E-state index contributed by atoms with van der Waals surface area (Å²) in [6.45, 7) is 1.75. The predicted octanol–water partition coefficient (Wildman–Crippen LogP) is 3.43. The number of nitrogens with zero attached hydrogens (tertiary/aromatic N) is 3. The summed E-state index contributed by atoms with van der Waals surface area (Å²) < 4.78 is 31.7. The number of amides is 1. The van der Waals surface area contributed by atoms with Gasteiger partial charge in [0, 0.05) is 26.6 Å². The molecule has 1 atom stereocenters. The summed E-state index contributed by atoms with van der Waals surface area (Å²) in [6.07, 6.45) is -3.44. The predicted molar refractivity (Wildman–Crippen MR) is 105 cm³/mol. The van der Waals surface area contributed by atoms with Gasteiger partial charge in [0.05, 0.1) is 11.1 Å². The van der Waals surface area contributed by atoms with Crippen LogP contribution in [-0.2, 0) is 16.0 Å². The minimum absolute atomic E-state index is 0.137. The molecule has 2 aliphatic heterocycles. The number of fused-ring (bicyclic) bond motifs is 1. The van der Waals surface area contributed by atoms with Crippen LogP contribution in [0.5, 0.6) is 0 Å². The number of carbonyl (C=O) groups is 2. The van der Waals surface area contributed by atoms with Gasteiger partial charge in [-0.25, -0.2) is 9.80 Å². The molecule has 0 aromatic heterocycles. The number of hydrazone groups is 1. The molecule has 162 valence electrons. The van der Waals surface area contributed by atoms with Gasteiger partial charge in [0.1, 0.15) is 5.41 Å². The van der Waals surface area contributed by atoms with E-state index in [0.29, 0.717) is 0 Å². The molecular formula is C18H22Cl2F3N3O3. The summed E-state index contributed by atoms with van der Waals surface area (Å²) >= 11 is 9.53. The van der Waals surface area contributed by atoms with Gasteiger partial charge in [0.25, 0.3) is 5.91 Å². The van der Waals surface area contributed by atoms with Crippen LogP contribution in [0.3, 0.4) is 0 Å². The lowest BCUT2D eigenvalue weighted by Crippen LogP contribution is -2.52. The zero-order valence-electron chi connectivity index (χ0n) is 15.9. The van der Waals surface area contributed by atoms with Crippen molar-refractivity contribution in [1.82, 2.24) is 9.91 Å². The largest absolute Gasteiger partial charge is 0.490 e. The Morgan fingerprint density at radius 2 is 1.76 bits per heavy atom. The van der Waals surface area contributed by atoms with E-state index in [1.807, 2.05) is 18.2 Å². The first kappa shape index (κ1) is 25.2. The van der Waals surface area contributed by atoms with Gasteiger partial charge in [-0.15, -0.1) is 23.2 Å². The molecule has 0 bridgehead atoms. The number of likely N-dealkylation sites (tertiary alicyclic amines) is 1. The standard InChI is InChI=1S/C15H19N3O.C2HF3O2.CH2Cl2/c1-17-9-8-13-15(11-17,14(19)18(2)16-13)10-12-6-4-3-5-7-12;3-2(4,5)1(6)7;2-1-3/h3-7H,8-11H2,1-2H3;(H,6,7);1H2. The van der Waals surface area contributed by atoms with Gasteiger partial charge < -0.3 is 10.0 Å². The molecule has 1 N–H and O–H groups in total. The maximum atomic E-state index is 12.6. The fourth-order valence-corrected chi connectivity index (χ4v) is 3.22. The molecule has 3 rings (SSSR count). The first-order valence-corrected chi connectivity index (χ1v) is 9.55. The van der Waals surface area contributed by atoms with E-state index in [1.54, 1.807) is 7.05 Å². The number of benzene rings is 1. The molecule has 11 heteroatoms. The number of carbonyl (C=O) groups excluding carboxylic acids is 1. The Morgan fingerprint density at radius 3 is 2.24 bits per heavy atom. The molecule has 0 radical (unpaired) electrons. The third kappa shape index (κ3) is 6.87. The van der Waals surface area contributed by atoms with Crippen LogP contribution in [-0.4, -0.2) is 71.3 Å². The molecule has 0 saturated carbocycles. The molecule has 0 aliphatic carbocycles. The van der Waals surface area contributed by atoms with Crippen LogP contribution < -0.4 is 0 Å². The number of halogens is 5. The van der Waals surface area contributed by atoms with E-state index in [2.05, 4.69) is 29.2 Å². The number of carboxylic acids is 1. The van der Waals surface area contributed by atoms with E-state index in [9.17, 15) is 18.0 Å². The Labute approximate surface area is 176 Å². The van der Waals surface area contributed by atoms with Crippen molar-refractivity contribution >= 4 is 40.8 Å². The number of aliphatic carboxylic acids is 1.